The van der Waals surface area contributed by atoms with Gasteiger partial charge in [0.1, 0.15) is 16.6 Å². The molecule has 1 amide bonds. The van der Waals surface area contributed by atoms with Crippen molar-refractivity contribution >= 4 is 46.2 Å². The highest BCUT2D eigenvalue weighted by molar-refractivity contribution is 7.14. The monoisotopic (exact) mass is 401 g/mol. The van der Waals surface area contributed by atoms with E-state index in [9.17, 15) is 9.59 Å². The van der Waals surface area contributed by atoms with Crippen molar-refractivity contribution in [2.45, 2.75) is 5.88 Å². The number of nitrogens with one attached hydrogen (secondary N) is 3. The lowest BCUT2D eigenvalue weighted by atomic mass is 10.3. The summed E-state index contributed by atoms with van der Waals surface area (Å²) in [4.78, 5) is 21.9. The highest BCUT2D eigenvalue weighted by atomic mass is 35.5. The van der Waals surface area contributed by atoms with Crippen LogP contribution in [0.25, 0.3) is 10.7 Å². The second-order valence-electron chi connectivity index (χ2n) is 4.41. The van der Waals surface area contributed by atoms with Crippen molar-refractivity contribution in [1.82, 2.24) is 35.9 Å². The standard InChI is InChI=1S/C7H8ClN3O2.C6H5ClN4S/c8-3-7(13)9-4-6(12)5-1-2-10-11-5;7-3-5-10-11-6(12-5)4-1-2-8-9-4/h1-2H,3-4H2,(H,9,13)(H,10,11);1-2H,3H2,(H,8,9). The lowest BCUT2D eigenvalue weighted by Gasteiger charge is -1.99. The fourth-order valence-electron chi connectivity index (χ4n) is 1.52. The van der Waals surface area contributed by atoms with Crippen molar-refractivity contribution in [1.29, 1.82) is 0 Å². The molecular weight excluding hydrogens is 389 g/mol. The molecule has 0 spiro atoms. The minimum atomic E-state index is -0.366. The molecule has 0 unspecified atom stereocenters. The molecule has 0 saturated carbocycles. The topological polar surface area (TPSA) is 129 Å². The maximum atomic E-state index is 11.2. The smallest absolute Gasteiger partial charge is 0.235 e. The normalized spacial score (nSPS) is 10.0. The second kappa shape index (κ2) is 9.87. The molecule has 0 aromatic carbocycles. The van der Waals surface area contributed by atoms with Crippen molar-refractivity contribution in [3.05, 3.63) is 35.2 Å². The molecule has 0 fully saturated rings. The van der Waals surface area contributed by atoms with E-state index in [-0.39, 0.29) is 24.1 Å². The number of rotatable bonds is 6. The molecule has 3 aromatic heterocycles. The van der Waals surface area contributed by atoms with Gasteiger partial charge in [0.15, 0.2) is 10.8 Å². The fourth-order valence-corrected chi connectivity index (χ4v) is 2.50. The van der Waals surface area contributed by atoms with Gasteiger partial charge in [-0.3, -0.25) is 19.8 Å². The van der Waals surface area contributed by atoms with Crippen LogP contribution in [0.4, 0.5) is 0 Å². The number of H-pyrrole nitrogens is 2. The average molecular weight is 402 g/mol. The number of aromatic amines is 2. The Morgan fingerprint density at radius 1 is 1.12 bits per heavy atom. The summed E-state index contributed by atoms with van der Waals surface area (Å²) >= 11 is 12.3. The summed E-state index contributed by atoms with van der Waals surface area (Å²) in [6, 6.07) is 3.38. The summed E-state index contributed by atoms with van der Waals surface area (Å²) in [6.45, 7) is -0.0618. The highest BCUT2D eigenvalue weighted by Crippen LogP contribution is 2.21. The van der Waals surface area contributed by atoms with E-state index in [4.69, 9.17) is 23.2 Å². The maximum absolute atomic E-state index is 11.2. The Morgan fingerprint density at radius 2 is 1.88 bits per heavy atom. The first kappa shape index (κ1) is 19.0. The molecule has 0 aliphatic rings. The molecule has 12 heteroatoms. The molecule has 0 bridgehead atoms. The average Bonchev–Trinajstić information content (AvgIpc) is 3.40. The van der Waals surface area contributed by atoms with E-state index in [1.165, 1.54) is 23.6 Å². The SMILES string of the molecule is ClCc1nnc(-c2ccn[nH]2)s1.O=C(CCl)NCC(=O)c1ccn[nH]1. The maximum Gasteiger partial charge on any atom is 0.235 e. The number of Topliss-reactive ketones (excluding diaryl/α,β-unsaturated/α-hetero) is 1. The molecule has 3 rings (SSSR count). The van der Waals surface area contributed by atoms with Gasteiger partial charge in [0.2, 0.25) is 5.91 Å². The Morgan fingerprint density at radius 3 is 2.44 bits per heavy atom. The second-order valence-corrected chi connectivity index (χ2v) is 6.01. The summed E-state index contributed by atoms with van der Waals surface area (Å²) in [5.41, 5.74) is 1.25. The number of halogens is 2. The third kappa shape index (κ3) is 5.93. The molecule has 9 nitrogen and oxygen atoms in total. The van der Waals surface area contributed by atoms with Crippen LogP contribution >= 0.6 is 34.5 Å². The van der Waals surface area contributed by atoms with Crippen LogP contribution in [0.15, 0.2) is 24.5 Å². The number of carbonyl (C=O) groups is 2. The highest BCUT2D eigenvalue weighted by Gasteiger charge is 2.08. The number of carbonyl (C=O) groups excluding carboxylic acids is 2. The van der Waals surface area contributed by atoms with Crippen molar-refractivity contribution in [2.24, 2.45) is 0 Å². The molecule has 0 aliphatic heterocycles. The van der Waals surface area contributed by atoms with Crippen molar-refractivity contribution in [3.8, 4) is 10.7 Å². The number of alkyl halides is 2. The molecule has 132 valence electrons. The van der Waals surface area contributed by atoms with Gasteiger partial charge in [-0.25, -0.2) is 0 Å². The van der Waals surface area contributed by atoms with Crippen molar-refractivity contribution in [3.63, 3.8) is 0 Å². The number of aromatic nitrogens is 6. The largest absolute Gasteiger partial charge is 0.348 e. The van der Waals surface area contributed by atoms with Crippen LogP contribution in [-0.2, 0) is 10.7 Å². The third-order valence-electron chi connectivity index (χ3n) is 2.68. The summed E-state index contributed by atoms with van der Waals surface area (Å²) in [7, 11) is 0. The number of nitrogens with zero attached hydrogens (tertiary/aromatic N) is 4. The van der Waals surface area contributed by atoms with Crippen LogP contribution in [0.1, 0.15) is 15.5 Å². The molecule has 3 heterocycles. The zero-order chi connectivity index (χ0) is 18.1. The molecule has 0 saturated heterocycles. The van der Waals surface area contributed by atoms with Crippen LogP contribution in [-0.4, -0.2) is 54.7 Å². The Balaban J connectivity index is 0.000000181. The van der Waals surface area contributed by atoms with Crippen LogP contribution in [0.5, 0.6) is 0 Å². The van der Waals surface area contributed by atoms with Gasteiger partial charge in [-0.05, 0) is 12.1 Å². The Hall–Kier alpha value is -2.30. The zero-order valence-corrected chi connectivity index (χ0v) is 15.0. The fraction of sp³-hybridized carbons (Fsp3) is 0.231. The van der Waals surface area contributed by atoms with Crippen LogP contribution < -0.4 is 5.32 Å². The molecule has 0 atom stereocenters. The minimum Gasteiger partial charge on any atom is -0.348 e. The first-order valence-corrected chi connectivity index (χ1v) is 8.76. The zero-order valence-electron chi connectivity index (χ0n) is 12.7. The van der Waals surface area contributed by atoms with E-state index in [1.54, 1.807) is 6.20 Å². The van der Waals surface area contributed by atoms with Gasteiger partial charge in [0, 0.05) is 12.4 Å². The van der Waals surface area contributed by atoms with E-state index in [2.05, 4.69) is 35.9 Å². The van der Waals surface area contributed by atoms with Crippen LogP contribution in [0.3, 0.4) is 0 Å². The Labute approximate surface area is 156 Å². The van der Waals surface area contributed by atoms with Gasteiger partial charge in [-0.2, -0.15) is 10.2 Å². The van der Waals surface area contributed by atoms with Crippen molar-refractivity contribution in [2.75, 3.05) is 12.4 Å². The lowest BCUT2D eigenvalue weighted by Crippen LogP contribution is -2.30. The van der Waals surface area contributed by atoms with Gasteiger partial charge in [-0.1, -0.05) is 11.3 Å². The van der Waals surface area contributed by atoms with E-state index in [0.717, 1.165) is 15.7 Å². The summed E-state index contributed by atoms with van der Waals surface area (Å²) in [5, 5.41) is 24.5. The van der Waals surface area contributed by atoms with E-state index < -0.39 is 0 Å². The first-order valence-electron chi connectivity index (χ1n) is 6.87. The minimum absolute atomic E-state index is 0.0618. The van der Waals surface area contributed by atoms with Gasteiger partial charge < -0.3 is 5.32 Å². The van der Waals surface area contributed by atoms with Gasteiger partial charge in [0.05, 0.1) is 18.1 Å². The van der Waals surface area contributed by atoms with Crippen LogP contribution in [0.2, 0.25) is 0 Å². The van der Waals surface area contributed by atoms with Gasteiger partial charge in [0.25, 0.3) is 0 Å². The summed E-state index contributed by atoms with van der Waals surface area (Å²) < 4.78 is 0. The number of hydrogen-bond acceptors (Lipinski definition) is 7. The third-order valence-corrected chi connectivity index (χ3v) is 4.29. The molecule has 0 radical (unpaired) electrons. The summed E-state index contributed by atoms with van der Waals surface area (Å²) in [5.74, 6) is -0.326. The Kier molecular flexibility index (Phi) is 7.51. The van der Waals surface area contributed by atoms with Crippen molar-refractivity contribution < 1.29 is 9.59 Å². The lowest BCUT2D eigenvalue weighted by molar-refractivity contribution is -0.118. The predicted octanol–water partition coefficient (Wildman–Crippen LogP) is 1.61. The van der Waals surface area contributed by atoms with E-state index in [1.807, 2.05) is 6.07 Å². The van der Waals surface area contributed by atoms with E-state index in [0.29, 0.717) is 11.6 Å². The predicted molar refractivity (Wildman–Crippen MR) is 93.7 cm³/mol. The quantitative estimate of drug-likeness (QED) is 0.424. The number of ketones is 1. The molecule has 25 heavy (non-hydrogen) atoms. The van der Waals surface area contributed by atoms with Gasteiger partial charge >= 0.3 is 0 Å². The van der Waals surface area contributed by atoms with Gasteiger partial charge in [-0.15, -0.1) is 33.4 Å². The summed E-state index contributed by atoms with van der Waals surface area (Å²) in [6.07, 6.45) is 3.15. The van der Waals surface area contributed by atoms with Crippen LogP contribution in [0, 0.1) is 0 Å². The molecule has 3 aromatic rings. The molecule has 3 N–H and O–H groups in total. The number of amides is 1. The molecule has 0 aliphatic carbocycles. The first-order chi connectivity index (χ1) is 12.1. The Bertz CT molecular complexity index is 789. The van der Waals surface area contributed by atoms with E-state index >= 15 is 0 Å². The number of hydrogen-bond donors (Lipinski definition) is 3. The molecular formula is C13H13Cl2N7O2S.